The Hall–Kier alpha value is -1.08. The van der Waals surface area contributed by atoms with E-state index in [0.29, 0.717) is 12.0 Å². The van der Waals surface area contributed by atoms with Crippen LogP contribution in [0.15, 0.2) is 42.5 Å². The molecule has 0 spiro atoms. The quantitative estimate of drug-likeness (QED) is 0.470. The molecule has 0 amide bonds. The van der Waals surface area contributed by atoms with Crippen molar-refractivity contribution in [2.24, 2.45) is 0 Å². The van der Waals surface area contributed by atoms with Crippen LogP contribution in [-0.2, 0) is 0 Å². The van der Waals surface area contributed by atoms with E-state index in [0.717, 1.165) is 6.42 Å². The molecule has 1 N–H and O–H groups in total. The first-order valence-corrected chi connectivity index (χ1v) is 8.77. The zero-order chi connectivity index (χ0) is 14.9. The van der Waals surface area contributed by atoms with Crippen LogP contribution < -0.4 is 5.32 Å². The van der Waals surface area contributed by atoms with Crippen LogP contribution in [0.5, 0.6) is 0 Å². The van der Waals surface area contributed by atoms with Crippen LogP contribution in [0, 0.1) is 0 Å². The molecule has 1 aromatic rings. The highest BCUT2D eigenvalue weighted by molar-refractivity contribution is 5.31. The molecular formula is C20H31N. The van der Waals surface area contributed by atoms with E-state index in [-0.39, 0.29) is 0 Å². The van der Waals surface area contributed by atoms with Crippen LogP contribution in [0.25, 0.3) is 0 Å². The van der Waals surface area contributed by atoms with Crippen LogP contribution in [-0.4, -0.2) is 12.6 Å². The highest BCUT2D eigenvalue weighted by atomic mass is 14.9. The lowest BCUT2D eigenvalue weighted by Crippen LogP contribution is -2.27. The summed E-state index contributed by atoms with van der Waals surface area (Å²) in [6.45, 7) is 7.75. The van der Waals surface area contributed by atoms with Crippen molar-refractivity contribution in [1.29, 1.82) is 0 Å². The average Bonchev–Trinajstić information content (AvgIpc) is 2.88. The normalized spacial score (nSPS) is 21.9. The lowest BCUT2D eigenvalue weighted by Gasteiger charge is -2.13. The molecule has 1 nitrogen and oxygen atoms in total. The molecule has 1 aliphatic rings. The Bertz CT molecular complexity index is 409. The molecule has 1 heteroatoms. The monoisotopic (exact) mass is 285 g/mol. The van der Waals surface area contributed by atoms with Gasteiger partial charge < -0.3 is 5.32 Å². The summed E-state index contributed by atoms with van der Waals surface area (Å²) in [6, 6.07) is 11.5. The second-order valence-electron chi connectivity index (χ2n) is 6.48. The van der Waals surface area contributed by atoms with E-state index in [1.165, 1.54) is 62.6 Å². The van der Waals surface area contributed by atoms with Crippen LogP contribution in [0.3, 0.4) is 0 Å². The maximum Gasteiger partial charge on any atom is 0.0113 e. The van der Waals surface area contributed by atoms with Crippen LogP contribution in [0.1, 0.15) is 69.8 Å². The van der Waals surface area contributed by atoms with Gasteiger partial charge in [-0.15, -0.1) is 0 Å². The minimum absolute atomic E-state index is 0.563. The van der Waals surface area contributed by atoms with Gasteiger partial charge in [0.05, 0.1) is 0 Å². The summed E-state index contributed by atoms with van der Waals surface area (Å²) in [5, 5.41) is 3.74. The van der Waals surface area contributed by atoms with Gasteiger partial charge in [0, 0.05) is 12.0 Å². The Morgan fingerprint density at radius 3 is 2.52 bits per heavy atom. The minimum atomic E-state index is 0.563. The topological polar surface area (TPSA) is 12.0 Å². The van der Waals surface area contributed by atoms with E-state index in [4.69, 9.17) is 0 Å². The number of benzene rings is 1. The zero-order valence-corrected chi connectivity index (χ0v) is 13.6. The third-order valence-electron chi connectivity index (χ3n) is 4.69. The van der Waals surface area contributed by atoms with Gasteiger partial charge in [-0.05, 0) is 31.4 Å². The molecule has 1 aromatic carbocycles. The fraction of sp³-hybridized carbons (Fsp3) is 0.600. The molecule has 0 radical (unpaired) electrons. The molecule has 2 atom stereocenters. The first-order valence-electron chi connectivity index (χ1n) is 8.77. The Labute approximate surface area is 130 Å². The Kier molecular flexibility index (Phi) is 7.02. The molecule has 0 unspecified atom stereocenters. The summed E-state index contributed by atoms with van der Waals surface area (Å²) in [5.41, 5.74) is 2.84. The van der Waals surface area contributed by atoms with Gasteiger partial charge in [-0.3, -0.25) is 0 Å². The molecular weight excluding hydrogens is 254 g/mol. The van der Waals surface area contributed by atoms with Crippen molar-refractivity contribution in [2.45, 2.75) is 70.3 Å². The number of nitrogens with one attached hydrogen (secondary N) is 1. The molecule has 1 fully saturated rings. The minimum Gasteiger partial charge on any atom is -0.314 e. The summed E-state index contributed by atoms with van der Waals surface area (Å²) in [4.78, 5) is 0. The second kappa shape index (κ2) is 9.04. The third-order valence-corrected chi connectivity index (χ3v) is 4.69. The van der Waals surface area contributed by atoms with E-state index in [1.54, 1.807) is 0 Å². The van der Waals surface area contributed by atoms with Gasteiger partial charge in [0.25, 0.3) is 0 Å². The van der Waals surface area contributed by atoms with Gasteiger partial charge in [0.15, 0.2) is 0 Å². The Morgan fingerprint density at radius 1 is 1.05 bits per heavy atom. The first-order chi connectivity index (χ1) is 10.3. The van der Waals surface area contributed by atoms with Crippen molar-refractivity contribution in [2.75, 3.05) is 6.54 Å². The standard InChI is InChI=1S/C20H31N/c1-3-4-5-6-7-11-14-21-19-15-17(2)20(16-19)18-12-9-8-10-13-18/h8-10,12-13,19-21H,2-7,11,14-16H2,1H3/t19-,20-/m1/s1. The summed E-state index contributed by atoms with van der Waals surface area (Å²) in [7, 11) is 0. The molecule has 0 bridgehead atoms. The van der Waals surface area contributed by atoms with Gasteiger partial charge in [-0.1, -0.05) is 81.5 Å². The van der Waals surface area contributed by atoms with Crippen molar-refractivity contribution >= 4 is 0 Å². The summed E-state index contributed by atoms with van der Waals surface area (Å²) in [5.74, 6) is 0.563. The van der Waals surface area contributed by atoms with Gasteiger partial charge >= 0.3 is 0 Å². The van der Waals surface area contributed by atoms with Crippen LogP contribution in [0.2, 0.25) is 0 Å². The lowest BCUT2D eigenvalue weighted by molar-refractivity contribution is 0.494. The van der Waals surface area contributed by atoms with Gasteiger partial charge in [0.2, 0.25) is 0 Å². The molecule has 1 aliphatic carbocycles. The third kappa shape index (κ3) is 5.32. The van der Waals surface area contributed by atoms with Crippen LogP contribution >= 0.6 is 0 Å². The van der Waals surface area contributed by atoms with E-state index < -0.39 is 0 Å². The largest absolute Gasteiger partial charge is 0.314 e. The number of rotatable bonds is 9. The SMILES string of the molecule is C=C1C[C@@H](NCCCCCCCC)C[C@H]1c1ccccc1. The summed E-state index contributed by atoms with van der Waals surface area (Å²) >= 11 is 0. The smallest absolute Gasteiger partial charge is 0.0113 e. The van der Waals surface area contributed by atoms with Crippen molar-refractivity contribution in [3.8, 4) is 0 Å². The van der Waals surface area contributed by atoms with E-state index in [9.17, 15) is 0 Å². The molecule has 0 aliphatic heterocycles. The maximum absolute atomic E-state index is 4.30. The first kappa shape index (κ1) is 16.3. The van der Waals surface area contributed by atoms with E-state index in [1.807, 2.05) is 0 Å². The van der Waals surface area contributed by atoms with Crippen molar-refractivity contribution in [3.63, 3.8) is 0 Å². The molecule has 116 valence electrons. The molecule has 0 saturated heterocycles. The average molecular weight is 285 g/mol. The molecule has 2 rings (SSSR count). The van der Waals surface area contributed by atoms with Crippen molar-refractivity contribution in [1.82, 2.24) is 5.32 Å². The summed E-state index contributed by atoms with van der Waals surface area (Å²) < 4.78 is 0. The van der Waals surface area contributed by atoms with Gasteiger partial charge in [-0.25, -0.2) is 0 Å². The molecule has 1 saturated carbocycles. The maximum atomic E-state index is 4.30. The zero-order valence-electron chi connectivity index (χ0n) is 13.6. The molecule has 0 aromatic heterocycles. The molecule has 0 heterocycles. The van der Waals surface area contributed by atoms with Crippen molar-refractivity contribution in [3.05, 3.63) is 48.0 Å². The van der Waals surface area contributed by atoms with Gasteiger partial charge in [-0.2, -0.15) is 0 Å². The summed E-state index contributed by atoms with van der Waals surface area (Å²) in [6.07, 6.45) is 10.6. The molecule has 21 heavy (non-hydrogen) atoms. The fourth-order valence-corrected chi connectivity index (χ4v) is 3.42. The van der Waals surface area contributed by atoms with Crippen molar-refractivity contribution < 1.29 is 0 Å². The fourth-order valence-electron chi connectivity index (χ4n) is 3.42. The predicted molar refractivity (Wildman–Crippen MR) is 92.7 cm³/mol. The lowest BCUT2D eigenvalue weighted by atomic mass is 9.95. The van der Waals surface area contributed by atoms with E-state index >= 15 is 0 Å². The second-order valence-corrected chi connectivity index (χ2v) is 6.48. The predicted octanol–water partition coefficient (Wildman–Crippen LogP) is 5.44. The van der Waals surface area contributed by atoms with Crippen LogP contribution in [0.4, 0.5) is 0 Å². The number of unbranched alkanes of at least 4 members (excludes halogenated alkanes) is 5. The van der Waals surface area contributed by atoms with Gasteiger partial charge in [0.1, 0.15) is 0 Å². The Morgan fingerprint density at radius 2 is 1.76 bits per heavy atom. The number of hydrogen-bond acceptors (Lipinski definition) is 1. The highest BCUT2D eigenvalue weighted by Gasteiger charge is 2.28. The number of hydrogen-bond donors (Lipinski definition) is 1. The Balaban J connectivity index is 1.64. The highest BCUT2D eigenvalue weighted by Crippen LogP contribution is 2.38. The van der Waals surface area contributed by atoms with E-state index in [2.05, 4.69) is 49.2 Å².